The van der Waals surface area contributed by atoms with Crippen LogP contribution in [0.1, 0.15) is 18.1 Å². The average Bonchev–Trinajstić information content (AvgIpc) is 2.68. The van der Waals surface area contributed by atoms with Crippen LogP contribution in [0.4, 0.5) is 15.8 Å². The smallest absolute Gasteiger partial charge is 0.274 e. The lowest BCUT2D eigenvalue weighted by Crippen LogP contribution is -2.46. The van der Waals surface area contributed by atoms with Crippen molar-refractivity contribution >= 4 is 17.3 Å². The lowest BCUT2D eigenvalue weighted by Gasteiger charge is -2.36. The van der Waals surface area contributed by atoms with Gasteiger partial charge in [0.15, 0.2) is 0 Å². The molecule has 1 fully saturated rings. The number of rotatable bonds is 6. The Morgan fingerprint density at radius 2 is 1.82 bits per heavy atom. The number of nitrogens with one attached hydrogen (secondary N) is 1. The van der Waals surface area contributed by atoms with Crippen LogP contribution in [0.25, 0.3) is 0 Å². The van der Waals surface area contributed by atoms with Gasteiger partial charge in [0.05, 0.1) is 4.92 Å². The van der Waals surface area contributed by atoms with Gasteiger partial charge in [0.1, 0.15) is 5.82 Å². The number of hydrogen-bond acceptors (Lipinski definition) is 5. The van der Waals surface area contributed by atoms with Crippen molar-refractivity contribution in [1.29, 1.82) is 0 Å². The maximum absolute atomic E-state index is 13.1. The summed E-state index contributed by atoms with van der Waals surface area (Å²) in [5, 5.41) is 14.1. The number of benzene rings is 2. The zero-order valence-corrected chi connectivity index (χ0v) is 15.7. The predicted molar refractivity (Wildman–Crippen MR) is 105 cm³/mol. The number of piperazine rings is 1. The number of hydrogen-bond donors (Lipinski definition) is 1. The molecule has 0 radical (unpaired) electrons. The molecule has 0 bridgehead atoms. The summed E-state index contributed by atoms with van der Waals surface area (Å²) < 4.78 is 13.1. The van der Waals surface area contributed by atoms with Crippen molar-refractivity contribution < 1.29 is 14.1 Å². The molecule has 0 spiro atoms. The molecule has 0 unspecified atom stereocenters. The first-order valence-electron chi connectivity index (χ1n) is 9.16. The first-order valence-corrected chi connectivity index (χ1v) is 9.16. The summed E-state index contributed by atoms with van der Waals surface area (Å²) in [6.07, 6.45) is 0. The van der Waals surface area contributed by atoms with Gasteiger partial charge in [-0.1, -0.05) is 12.1 Å². The second-order valence-electron chi connectivity index (χ2n) is 6.87. The number of anilines is 1. The molecule has 148 valence electrons. The molecule has 1 aliphatic rings. The van der Waals surface area contributed by atoms with Crippen LogP contribution in [0.3, 0.4) is 0 Å². The van der Waals surface area contributed by atoms with Crippen LogP contribution in [0.15, 0.2) is 42.5 Å². The van der Waals surface area contributed by atoms with Crippen molar-refractivity contribution in [2.45, 2.75) is 20.0 Å². The van der Waals surface area contributed by atoms with Crippen molar-refractivity contribution in [2.24, 2.45) is 0 Å². The molecule has 7 nitrogen and oxygen atoms in total. The molecule has 2 aromatic rings. The van der Waals surface area contributed by atoms with Gasteiger partial charge in [-0.15, -0.1) is 0 Å². The summed E-state index contributed by atoms with van der Waals surface area (Å²) in [7, 11) is 0. The van der Waals surface area contributed by atoms with E-state index < -0.39 is 0 Å². The summed E-state index contributed by atoms with van der Waals surface area (Å²) in [5.41, 5.74) is 2.41. The third-order valence-electron chi connectivity index (χ3n) is 4.85. The molecule has 0 aromatic heterocycles. The average molecular weight is 386 g/mol. The molecule has 8 heteroatoms. The van der Waals surface area contributed by atoms with Gasteiger partial charge in [-0.3, -0.25) is 19.8 Å². The van der Waals surface area contributed by atoms with Crippen LogP contribution < -0.4 is 10.2 Å². The Balaban J connectivity index is 1.63. The van der Waals surface area contributed by atoms with Crippen molar-refractivity contribution in [2.75, 3.05) is 31.1 Å². The Hall–Kier alpha value is -3.00. The minimum atomic E-state index is -0.374. The Kier molecular flexibility index (Phi) is 6.20. The third kappa shape index (κ3) is 5.04. The molecule has 0 aliphatic carbocycles. The Labute approximate surface area is 162 Å². The summed E-state index contributed by atoms with van der Waals surface area (Å²) >= 11 is 0. The van der Waals surface area contributed by atoms with Gasteiger partial charge in [0, 0.05) is 63.5 Å². The fraction of sp³-hybridized carbons (Fsp3) is 0.350. The van der Waals surface area contributed by atoms with E-state index in [9.17, 15) is 19.3 Å². The highest BCUT2D eigenvalue weighted by Crippen LogP contribution is 2.24. The van der Waals surface area contributed by atoms with Gasteiger partial charge in [0.2, 0.25) is 5.91 Å². The highest BCUT2D eigenvalue weighted by atomic mass is 19.1. The van der Waals surface area contributed by atoms with E-state index in [0.717, 1.165) is 31.9 Å². The Morgan fingerprint density at radius 1 is 1.14 bits per heavy atom. The summed E-state index contributed by atoms with van der Waals surface area (Å²) in [5.74, 6) is -0.428. The number of carbonyl (C=O) groups is 1. The van der Waals surface area contributed by atoms with Crippen LogP contribution in [-0.2, 0) is 17.9 Å². The van der Waals surface area contributed by atoms with Gasteiger partial charge < -0.3 is 10.2 Å². The minimum Gasteiger partial charge on any atom is -0.369 e. The van der Waals surface area contributed by atoms with Crippen LogP contribution in [0, 0.1) is 15.9 Å². The van der Waals surface area contributed by atoms with Crippen molar-refractivity contribution in [3.05, 3.63) is 69.5 Å². The fourth-order valence-corrected chi connectivity index (χ4v) is 3.31. The van der Waals surface area contributed by atoms with E-state index in [0.29, 0.717) is 17.7 Å². The lowest BCUT2D eigenvalue weighted by atomic mass is 10.1. The molecule has 3 rings (SSSR count). The second-order valence-corrected chi connectivity index (χ2v) is 6.87. The maximum Gasteiger partial charge on any atom is 0.274 e. The Morgan fingerprint density at radius 3 is 2.43 bits per heavy atom. The van der Waals surface area contributed by atoms with E-state index in [4.69, 9.17) is 0 Å². The molecule has 28 heavy (non-hydrogen) atoms. The molecule has 2 aromatic carbocycles. The van der Waals surface area contributed by atoms with Crippen molar-refractivity contribution in [1.82, 2.24) is 10.2 Å². The van der Waals surface area contributed by atoms with Gasteiger partial charge in [0.25, 0.3) is 5.69 Å². The van der Waals surface area contributed by atoms with E-state index in [-0.39, 0.29) is 28.9 Å². The van der Waals surface area contributed by atoms with Crippen LogP contribution in [0.5, 0.6) is 0 Å². The topological polar surface area (TPSA) is 78.7 Å². The maximum atomic E-state index is 13.1. The number of carbonyl (C=O) groups excluding carboxylic acids is 1. The molecule has 0 saturated carbocycles. The number of nitro benzene ring substituents is 1. The number of halogens is 1. The van der Waals surface area contributed by atoms with Crippen molar-refractivity contribution in [3.8, 4) is 0 Å². The van der Waals surface area contributed by atoms with E-state index in [2.05, 4.69) is 15.1 Å². The minimum absolute atomic E-state index is 0.0730. The van der Waals surface area contributed by atoms with Gasteiger partial charge in [-0.05, 0) is 29.8 Å². The highest BCUT2D eigenvalue weighted by molar-refractivity contribution is 5.72. The number of nitro groups is 1. The summed E-state index contributed by atoms with van der Waals surface area (Å²) in [6.45, 7) is 5.26. The van der Waals surface area contributed by atoms with Crippen molar-refractivity contribution in [3.63, 3.8) is 0 Å². The predicted octanol–water partition coefficient (Wildman–Crippen LogP) is 2.69. The molecular weight excluding hydrogens is 363 g/mol. The highest BCUT2D eigenvalue weighted by Gasteiger charge is 2.21. The fourth-order valence-electron chi connectivity index (χ4n) is 3.31. The van der Waals surface area contributed by atoms with E-state index in [1.807, 2.05) is 6.07 Å². The first kappa shape index (κ1) is 19.8. The van der Waals surface area contributed by atoms with Gasteiger partial charge in [-0.2, -0.15) is 0 Å². The Bertz CT molecular complexity index is 849. The quantitative estimate of drug-likeness (QED) is 0.610. The summed E-state index contributed by atoms with van der Waals surface area (Å²) in [4.78, 5) is 26.5. The van der Waals surface area contributed by atoms with Crippen LogP contribution in [0.2, 0.25) is 0 Å². The second kappa shape index (κ2) is 8.79. The SMILES string of the molecule is CC(=O)NCc1ccc(CN2CCN(c3ccc(F)cc3)CC2)c([N+](=O)[O-])c1. The number of amides is 1. The molecule has 1 aliphatic heterocycles. The van der Waals surface area contributed by atoms with E-state index >= 15 is 0 Å². The first-order chi connectivity index (χ1) is 13.4. The monoisotopic (exact) mass is 386 g/mol. The molecule has 1 amide bonds. The van der Waals surface area contributed by atoms with Crippen LogP contribution in [-0.4, -0.2) is 41.9 Å². The lowest BCUT2D eigenvalue weighted by molar-refractivity contribution is -0.385. The van der Waals surface area contributed by atoms with E-state index in [1.165, 1.54) is 25.1 Å². The normalized spacial score (nSPS) is 14.7. The zero-order valence-electron chi connectivity index (χ0n) is 15.7. The molecule has 0 atom stereocenters. The largest absolute Gasteiger partial charge is 0.369 e. The summed E-state index contributed by atoms with van der Waals surface area (Å²) in [6, 6.07) is 11.5. The van der Waals surface area contributed by atoms with E-state index in [1.54, 1.807) is 18.2 Å². The molecule has 1 heterocycles. The zero-order chi connectivity index (χ0) is 20.1. The molecule has 1 saturated heterocycles. The number of nitrogens with zero attached hydrogens (tertiary/aromatic N) is 3. The molecule has 1 N–H and O–H groups in total. The molecular formula is C20H23FN4O3. The van der Waals surface area contributed by atoms with Gasteiger partial charge in [-0.25, -0.2) is 4.39 Å². The third-order valence-corrected chi connectivity index (χ3v) is 4.85. The standard InChI is InChI=1S/C20H23FN4O3/c1-15(26)22-13-16-2-3-17(20(12-16)25(27)28)14-23-8-10-24(11-9-23)19-6-4-18(21)5-7-19/h2-7,12H,8-11,13-14H2,1H3,(H,22,26). The van der Waals surface area contributed by atoms with Crippen LogP contribution >= 0.6 is 0 Å². The van der Waals surface area contributed by atoms with Gasteiger partial charge >= 0.3 is 0 Å².